The number of fused-ring (bicyclic) bond motifs is 1. The molecule has 2 aliphatic rings. The molecule has 2 aliphatic carbocycles. The monoisotopic (exact) mass is 258 g/mol. The third-order valence-corrected chi connectivity index (χ3v) is 4.49. The summed E-state index contributed by atoms with van der Waals surface area (Å²) in [6.45, 7) is 0. The van der Waals surface area contributed by atoms with Crippen LogP contribution in [0.15, 0.2) is 66.3 Å². The summed E-state index contributed by atoms with van der Waals surface area (Å²) in [5.41, 5.74) is 7.22. The van der Waals surface area contributed by atoms with E-state index in [1.54, 1.807) is 5.57 Å². The van der Waals surface area contributed by atoms with Gasteiger partial charge in [-0.2, -0.15) is 0 Å². The highest BCUT2D eigenvalue weighted by atomic mass is 14.3. The minimum atomic E-state index is 0.672. The Kier molecular flexibility index (Phi) is 2.81. The molecule has 0 heterocycles. The molecule has 20 heavy (non-hydrogen) atoms. The van der Waals surface area contributed by atoms with E-state index in [9.17, 15) is 0 Å². The van der Waals surface area contributed by atoms with E-state index in [-0.39, 0.29) is 0 Å². The molecule has 4 rings (SSSR count). The van der Waals surface area contributed by atoms with Gasteiger partial charge < -0.3 is 0 Å². The van der Waals surface area contributed by atoms with Crippen molar-refractivity contribution in [3.63, 3.8) is 0 Å². The summed E-state index contributed by atoms with van der Waals surface area (Å²) in [6, 6.07) is 17.5. The fourth-order valence-corrected chi connectivity index (χ4v) is 3.44. The first-order valence-corrected chi connectivity index (χ1v) is 7.46. The Balaban J connectivity index is 1.78. The molecule has 0 bridgehead atoms. The summed E-state index contributed by atoms with van der Waals surface area (Å²) in [5.74, 6) is 0.672. The van der Waals surface area contributed by atoms with Gasteiger partial charge in [0.25, 0.3) is 0 Å². The second-order valence-electron chi connectivity index (χ2n) is 5.75. The topological polar surface area (TPSA) is 0 Å². The van der Waals surface area contributed by atoms with Crippen molar-refractivity contribution in [1.29, 1.82) is 0 Å². The normalized spacial score (nSPS) is 20.0. The van der Waals surface area contributed by atoms with Crippen molar-refractivity contribution < 1.29 is 0 Å². The van der Waals surface area contributed by atoms with Crippen molar-refractivity contribution >= 4 is 6.08 Å². The van der Waals surface area contributed by atoms with Crippen molar-refractivity contribution in [3.8, 4) is 11.1 Å². The van der Waals surface area contributed by atoms with Crippen LogP contribution in [0.2, 0.25) is 0 Å². The van der Waals surface area contributed by atoms with Gasteiger partial charge in [0.1, 0.15) is 0 Å². The zero-order chi connectivity index (χ0) is 13.4. The summed E-state index contributed by atoms with van der Waals surface area (Å²) in [5, 5.41) is 0. The molecule has 0 N–H and O–H groups in total. The first kappa shape index (κ1) is 11.7. The quantitative estimate of drug-likeness (QED) is 0.645. The first-order chi connectivity index (χ1) is 9.92. The predicted octanol–water partition coefficient (Wildman–Crippen LogP) is 5.26. The van der Waals surface area contributed by atoms with Crippen LogP contribution in [0.3, 0.4) is 0 Å². The van der Waals surface area contributed by atoms with Crippen molar-refractivity contribution in [2.75, 3.05) is 0 Å². The Morgan fingerprint density at radius 2 is 1.80 bits per heavy atom. The summed E-state index contributed by atoms with van der Waals surface area (Å²) >= 11 is 0. The van der Waals surface area contributed by atoms with E-state index in [2.05, 4.69) is 66.8 Å². The summed E-state index contributed by atoms with van der Waals surface area (Å²) in [7, 11) is 0. The Bertz CT molecular complexity index is 689. The van der Waals surface area contributed by atoms with E-state index in [4.69, 9.17) is 0 Å². The average molecular weight is 258 g/mol. The van der Waals surface area contributed by atoms with Gasteiger partial charge in [-0.1, -0.05) is 72.3 Å². The van der Waals surface area contributed by atoms with E-state index in [0.29, 0.717) is 5.92 Å². The summed E-state index contributed by atoms with van der Waals surface area (Å²) < 4.78 is 0. The highest BCUT2D eigenvalue weighted by Crippen LogP contribution is 2.38. The van der Waals surface area contributed by atoms with Crippen molar-refractivity contribution in [3.05, 3.63) is 77.4 Å². The van der Waals surface area contributed by atoms with Crippen LogP contribution in [0.4, 0.5) is 0 Å². The zero-order valence-corrected chi connectivity index (χ0v) is 11.5. The van der Waals surface area contributed by atoms with E-state index < -0.39 is 0 Å². The molecule has 0 saturated carbocycles. The highest BCUT2D eigenvalue weighted by molar-refractivity contribution is 5.81. The molecule has 1 unspecified atom stereocenters. The van der Waals surface area contributed by atoms with Crippen molar-refractivity contribution in [2.24, 2.45) is 5.92 Å². The molecule has 2 aromatic rings. The van der Waals surface area contributed by atoms with Crippen LogP contribution in [0.25, 0.3) is 17.2 Å². The third-order valence-electron chi connectivity index (χ3n) is 4.49. The standard InChI is InChI=1S/C20H18/c1-2-9-16(10-3-1)19-12-6-11-17-13-18(14-20(17)19)15-7-4-5-8-15/h1-4,6-7,9-12,14-15H,5,8,13H2. The molecule has 1 atom stereocenters. The lowest BCUT2D eigenvalue weighted by atomic mass is 9.96. The van der Waals surface area contributed by atoms with Crippen LogP contribution in [0.1, 0.15) is 24.0 Å². The average Bonchev–Trinajstić information content (AvgIpc) is 3.16. The van der Waals surface area contributed by atoms with Gasteiger partial charge in [-0.15, -0.1) is 0 Å². The van der Waals surface area contributed by atoms with Crippen molar-refractivity contribution in [1.82, 2.24) is 0 Å². The minimum absolute atomic E-state index is 0.672. The molecule has 0 radical (unpaired) electrons. The van der Waals surface area contributed by atoms with Gasteiger partial charge in [0.05, 0.1) is 0 Å². The lowest BCUT2D eigenvalue weighted by Crippen LogP contribution is -1.96. The summed E-state index contributed by atoms with van der Waals surface area (Å²) in [4.78, 5) is 0. The molecule has 0 fully saturated rings. The van der Waals surface area contributed by atoms with Crippen molar-refractivity contribution in [2.45, 2.75) is 19.3 Å². The molecule has 98 valence electrons. The zero-order valence-electron chi connectivity index (χ0n) is 11.5. The molecular formula is C20H18. The number of rotatable bonds is 2. The lowest BCUT2D eigenvalue weighted by molar-refractivity contribution is 0.718. The SMILES string of the molecule is C1=CC(C2=Cc3c(cccc3-c3ccccc3)C2)CC1. The molecule has 0 amide bonds. The summed E-state index contributed by atoms with van der Waals surface area (Å²) in [6.07, 6.45) is 10.8. The van der Waals surface area contributed by atoms with Crippen LogP contribution >= 0.6 is 0 Å². The minimum Gasteiger partial charge on any atom is -0.0879 e. The first-order valence-electron chi connectivity index (χ1n) is 7.46. The molecule has 0 heteroatoms. The second kappa shape index (κ2) is 4.79. The van der Waals surface area contributed by atoms with Gasteiger partial charge in [-0.05, 0) is 47.4 Å². The third kappa shape index (κ3) is 1.92. The van der Waals surface area contributed by atoms with E-state index >= 15 is 0 Å². The molecular weight excluding hydrogens is 240 g/mol. The largest absolute Gasteiger partial charge is 0.0879 e. The van der Waals surface area contributed by atoms with Crippen LogP contribution in [-0.4, -0.2) is 0 Å². The number of allylic oxidation sites excluding steroid dienone is 3. The second-order valence-corrected chi connectivity index (χ2v) is 5.75. The van der Waals surface area contributed by atoms with E-state index in [0.717, 1.165) is 6.42 Å². The molecule has 0 saturated heterocycles. The predicted molar refractivity (Wildman–Crippen MR) is 85.4 cm³/mol. The van der Waals surface area contributed by atoms with Crippen LogP contribution in [0, 0.1) is 5.92 Å². The molecule has 2 aromatic carbocycles. The van der Waals surface area contributed by atoms with Gasteiger partial charge in [0.2, 0.25) is 0 Å². The maximum absolute atomic E-state index is 2.44. The lowest BCUT2D eigenvalue weighted by Gasteiger charge is -2.08. The Hall–Kier alpha value is -2.08. The molecule has 0 nitrogen and oxygen atoms in total. The fraction of sp³-hybridized carbons (Fsp3) is 0.200. The van der Waals surface area contributed by atoms with E-state index in [1.807, 2.05) is 0 Å². The fourth-order valence-electron chi connectivity index (χ4n) is 3.44. The molecule has 0 aromatic heterocycles. The number of hydrogen-bond donors (Lipinski definition) is 0. The number of benzene rings is 2. The van der Waals surface area contributed by atoms with Gasteiger partial charge in [0.15, 0.2) is 0 Å². The Labute approximate surface area is 120 Å². The highest BCUT2D eigenvalue weighted by Gasteiger charge is 2.22. The van der Waals surface area contributed by atoms with E-state index in [1.165, 1.54) is 35.1 Å². The van der Waals surface area contributed by atoms with Gasteiger partial charge in [-0.25, -0.2) is 0 Å². The van der Waals surface area contributed by atoms with Gasteiger partial charge in [-0.3, -0.25) is 0 Å². The van der Waals surface area contributed by atoms with Gasteiger partial charge in [0, 0.05) is 0 Å². The van der Waals surface area contributed by atoms with Crippen LogP contribution in [0.5, 0.6) is 0 Å². The van der Waals surface area contributed by atoms with Crippen LogP contribution < -0.4 is 0 Å². The Morgan fingerprint density at radius 3 is 2.60 bits per heavy atom. The Morgan fingerprint density at radius 1 is 0.900 bits per heavy atom. The number of hydrogen-bond acceptors (Lipinski definition) is 0. The smallest absolute Gasteiger partial charge is 0.00137 e. The molecule has 0 spiro atoms. The molecule has 0 aliphatic heterocycles. The maximum atomic E-state index is 2.44. The van der Waals surface area contributed by atoms with Crippen LogP contribution in [-0.2, 0) is 6.42 Å². The maximum Gasteiger partial charge on any atom is -0.00137 e. The van der Waals surface area contributed by atoms with Gasteiger partial charge >= 0.3 is 0 Å².